The summed E-state index contributed by atoms with van der Waals surface area (Å²) in [6.45, 7) is 0. The van der Waals surface area contributed by atoms with E-state index < -0.39 is 11.7 Å². The second-order valence-electron chi connectivity index (χ2n) is 4.26. The first-order chi connectivity index (χ1) is 10.5. The zero-order valence-electron chi connectivity index (χ0n) is 11.5. The van der Waals surface area contributed by atoms with Crippen LogP contribution in [0.3, 0.4) is 0 Å². The summed E-state index contributed by atoms with van der Waals surface area (Å²) in [4.78, 5) is 11.8. The molecule has 2 rings (SSSR count). The summed E-state index contributed by atoms with van der Waals surface area (Å²) in [7, 11) is 1.45. The number of rotatable bonds is 4. The van der Waals surface area contributed by atoms with E-state index in [-0.39, 0.29) is 5.75 Å². The molecule has 22 heavy (non-hydrogen) atoms. The molecule has 1 amide bonds. The van der Waals surface area contributed by atoms with Gasteiger partial charge in [0.15, 0.2) is 11.5 Å². The molecule has 0 atom stereocenters. The van der Waals surface area contributed by atoms with Crippen LogP contribution in [-0.4, -0.2) is 24.3 Å². The van der Waals surface area contributed by atoms with E-state index in [0.717, 1.165) is 0 Å². The molecule has 2 aromatic carbocycles. The number of benzene rings is 2. The van der Waals surface area contributed by atoms with Gasteiger partial charge in [-0.3, -0.25) is 4.79 Å². The number of amides is 1. The van der Waals surface area contributed by atoms with Crippen LogP contribution in [0.4, 0.5) is 4.39 Å². The number of phenolic OH excluding ortho intramolecular Hbond substituents is 1. The minimum atomic E-state index is -0.448. The second kappa shape index (κ2) is 7.21. The Labute approximate surface area is 139 Å². The van der Waals surface area contributed by atoms with E-state index in [4.69, 9.17) is 4.74 Å². The molecule has 0 aliphatic heterocycles. The van der Waals surface area contributed by atoms with Gasteiger partial charge in [0.2, 0.25) is 0 Å². The van der Waals surface area contributed by atoms with Crippen molar-refractivity contribution in [2.24, 2.45) is 5.10 Å². The van der Waals surface area contributed by atoms with Crippen molar-refractivity contribution in [3.63, 3.8) is 0 Å². The molecule has 0 saturated heterocycles. The van der Waals surface area contributed by atoms with Crippen molar-refractivity contribution in [2.45, 2.75) is 0 Å². The zero-order chi connectivity index (χ0) is 16.1. The van der Waals surface area contributed by atoms with Gasteiger partial charge in [-0.1, -0.05) is 0 Å². The molecule has 0 fully saturated rings. The number of carbonyl (C=O) groups is 1. The minimum Gasteiger partial charge on any atom is -0.504 e. The van der Waals surface area contributed by atoms with E-state index >= 15 is 0 Å². The molecule has 7 heteroatoms. The molecule has 0 radical (unpaired) electrons. The number of phenols is 1. The lowest BCUT2D eigenvalue weighted by Gasteiger charge is -2.06. The Balaban J connectivity index is 2.08. The highest BCUT2D eigenvalue weighted by Gasteiger charge is 2.08. The number of nitrogens with one attached hydrogen (secondary N) is 1. The molecule has 0 bridgehead atoms. The summed E-state index contributed by atoms with van der Waals surface area (Å²) in [5.41, 5.74) is 3.29. The molecular formula is C15H12FIN2O3. The molecule has 5 nitrogen and oxygen atoms in total. The Hall–Kier alpha value is -2.16. The molecule has 0 spiro atoms. The predicted octanol–water partition coefficient (Wildman–Crippen LogP) is 2.91. The topological polar surface area (TPSA) is 70.9 Å². The molecule has 2 aromatic rings. The molecule has 0 heterocycles. The lowest BCUT2D eigenvalue weighted by Crippen LogP contribution is -2.17. The number of halogens is 2. The van der Waals surface area contributed by atoms with E-state index in [0.29, 0.717) is 20.4 Å². The number of ether oxygens (including phenoxy) is 1. The molecular weight excluding hydrogens is 402 g/mol. The summed E-state index contributed by atoms with van der Waals surface area (Å²) in [6.07, 6.45) is 1.42. The fraction of sp³-hybridized carbons (Fsp3) is 0.0667. The highest BCUT2D eigenvalue weighted by atomic mass is 127. The average molecular weight is 414 g/mol. The van der Waals surface area contributed by atoms with Crippen LogP contribution in [0.15, 0.2) is 41.5 Å². The number of nitrogens with zero attached hydrogens (tertiary/aromatic N) is 1. The number of hydrogen-bond acceptors (Lipinski definition) is 4. The summed E-state index contributed by atoms with van der Waals surface area (Å²) in [6, 6.07) is 8.41. The van der Waals surface area contributed by atoms with Gasteiger partial charge in [-0.15, -0.1) is 0 Å². The molecule has 0 saturated carbocycles. The first-order valence-electron chi connectivity index (χ1n) is 6.16. The fourth-order valence-electron chi connectivity index (χ4n) is 1.66. The van der Waals surface area contributed by atoms with E-state index in [2.05, 4.69) is 10.5 Å². The van der Waals surface area contributed by atoms with E-state index in [1.54, 1.807) is 12.1 Å². The van der Waals surface area contributed by atoms with Crippen molar-refractivity contribution >= 4 is 34.7 Å². The van der Waals surface area contributed by atoms with Crippen LogP contribution < -0.4 is 10.2 Å². The highest BCUT2D eigenvalue weighted by molar-refractivity contribution is 14.1. The Bertz CT molecular complexity index is 717. The summed E-state index contributed by atoms with van der Waals surface area (Å²) >= 11 is 1.96. The van der Waals surface area contributed by atoms with Crippen LogP contribution in [0.5, 0.6) is 11.5 Å². The van der Waals surface area contributed by atoms with Crippen molar-refractivity contribution in [1.82, 2.24) is 5.43 Å². The van der Waals surface area contributed by atoms with E-state index in [1.165, 1.54) is 37.6 Å². The Morgan fingerprint density at radius 3 is 2.68 bits per heavy atom. The monoisotopic (exact) mass is 414 g/mol. The number of methoxy groups -OCH3 is 1. The van der Waals surface area contributed by atoms with Gasteiger partial charge in [0, 0.05) is 5.56 Å². The Morgan fingerprint density at radius 1 is 1.36 bits per heavy atom. The maximum Gasteiger partial charge on any atom is 0.271 e. The van der Waals surface area contributed by atoms with Crippen molar-refractivity contribution in [2.75, 3.05) is 7.11 Å². The number of hydrogen-bond donors (Lipinski definition) is 2. The highest BCUT2D eigenvalue weighted by Crippen LogP contribution is 2.31. The third-order valence-corrected chi connectivity index (χ3v) is 3.58. The molecule has 114 valence electrons. The lowest BCUT2D eigenvalue weighted by molar-refractivity contribution is 0.0955. The van der Waals surface area contributed by atoms with Crippen LogP contribution in [0.25, 0.3) is 0 Å². The average Bonchev–Trinajstić information content (AvgIpc) is 2.51. The Kier molecular flexibility index (Phi) is 5.31. The number of carbonyl (C=O) groups excluding carboxylic acids is 1. The van der Waals surface area contributed by atoms with Crippen LogP contribution in [-0.2, 0) is 0 Å². The number of aromatic hydroxyl groups is 1. The quantitative estimate of drug-likeness (QED) is 0.459. The second-order valence-corrected chi connectivity index (χ2v) is 5.42. The van der Waals surface area contributed by atoms with Crippen molar-refractivity contribution in [3.05, 3.63) is 56.9 Å². The van der Waals surface area contributed by atoms with Crippen molar-refractivity contribution < 1.29 is 19.0 Å². The summed E-state index contributed by atoms with van der Waals surface area (Å²) in [5.74, 6) is -0.490. The molecule has 0 unspecified atom stereocenters. The maximum absolute atomic E-state index is 12.8. The van der Waals surface area contributed by atoms with Gasteiger partial charge in [-0.2, -0.15) is 5.10 Å². The minimum absolute atomic E-state index is 0.0515. The summed E-state index contributed by atoms with van der Waals surface area (Å²) < 4.78 is 18.4. The third-order valence-electron chi connectivity index (χ3n) is 2.76. The zero-order valence-corrected chi connectivity index (χ0v) is 13.7. The standard InChI is InChI=1S/C15H12FIN2O3/c1-22-13-7-9(6-12(17)14(13)20)8-18-19-15(21)10-2-4-11(16)5-3-10/h2-8,20H,1H3,(H,19,21)/b18-8-. The molecule has 2 N–H and O–H groups in total. The third kappa shape index (κ3) is 3.94. The fourth-order valence-corrected chi connectivity index (χ4v) is 2.28. The predicted molar refractivity (Wildman–Crippen MR) is 88.8 cm³/mol. The first-order valence-corrected chi connectivity index (χ1v) is 7.24. The van der Waals surface area contributed by atoms with Crippen molar-refractivity contribution in [1.29, 1.82) is 0 Å². The Morgan fingerprint density at radius 2 is 2.05 bits per heavy atom. The van der Waals surface area contributed by atoms with Gasteiger partial charge >= 0.3 is 0 Å². The van der Waals surface area contributed by atoms with Gasteiger partial charge in [0.25, 0.3) is 5.91 Å². The van der Waals surface area contributed by atoms with Crippen LogP contribution >= 0.6 is 22.6 Å². The van der Waals surface area contributed by atoms with Crippen LogP contribution in [0, 0.1) is 9.39 Å². The molecule has 0 aromatic heterocycles. The van der Waals surface area contributed by atoms with E-state index in [1.807, 2.05) is 22.6 Å². The van der Waals surface area contributed by atoms with Gasteiger partial charge in [0.05, 0.1) is 16.9 Å². The molecule has 0 aliphatic carbocycles. The largest absolute Gasteiger partial charge is 0.504 e. The van der Waals surface area contributed by atoms with Crippen LogP contribution in [0.2, 0.25) is 0 Å². The van der Waals surface area contributed by atoms with Crippen LogP contribution in [0.1, 0.15) is 15.9 Å². The van der Waals surface area contributed by atoms with Crippen molar-refractivity contribution in [3.8, 4) is 11.5 Å². The number of hydrazone groups is 1. The van der Waals surface area contributed by atoms with Gasteiger partial charge < -0.3 is 9.84 Å². The SMILES string of the molecule is COc1cc(/C=N\NC(=O)c2ccc(F)cc2)cc(I)c1O. The smallest absolute Gasteiger partial charge is 0.271 e. The van der Waals surface area contributed by atoms with Gasteiger partial charge in [0.1, 0.15) is 5.82 Å². The van der Waals surface area contributed by atoms with Gasteiger partial charge in [-0.25, -0.2) is 9.82 Å². The summed E-state index contributed by atoms with van der Waals surface area (Å²) in [5, 5.41) is 13.6. The first kappa shape index (κ1) is 16.2. The normalized spacial score (nSPS) is 10.7. The maximum atomic E-state index is 12.8. The molecule has 0 aliphatic rings. The lowest BCUT2D eigenvalue weighted by atomic mass is 10.2. The van der Waals surface area contributed by atoms with E-state index in [9.17, 15) is 14.3 Å². The van der Waals surface area contributed by atoms with Gasteiger partial charge in [-0.05, 0) is 64.6 Å².